The van der Waals surface area contributed by atoms with Gasteiger partial charge in [-0.25, -0.2) is 4.98 Å². The summed E-state index contributed by atoms with van der Waals surface area (Å²) in [5.74, 6) is 2.86. The first-order valence-electron chi connectivity index (χ1n) is 7.01. The first-order chi connectivity index (χ1) is 8.59. The quantitative estimate of drug-likeness (QED) is 0.862. The van der Waals surface area contributed by atoms with Crippen molar-refractivity contribution in [2.75, 3.05) is 26.2 Å². The predicted molar refractivity (Wildman–Crippen MR) is 72.4 cm³/mol. The van der Waals surface area contributed by atoms with E-state index in [1.807, 2.05) is 12.4 Å². The number of aromatic nitrogens is 2. The van der Waals surface area contributed by atoms with Crippen LogP contribution in [0.1, 0.15) is 19.7 Å². The summed E-state index contributed by atoms with van der Waals surface area (Å²) >= 11 is 0. The monoisotopic (exact) mass is 248 g/mol. The van der Waals surface area contributed by atoms with Crippen molar-refractivity contribution < 1.29 is 0 Å². The number of aryl methyl sites for hydroxylation is 1. The second-order valence-corrected chi connectivity index (χ2v) is 6.33. The molecule has 2 atom stereocenters. The van der Waals surface area contributed by atoms with Gasteiger partial charge < -0.3 is 9.88 Å². The number of nitrogens with zero attached hydrogens (tertiary/aromatic N) is 3. The van der Waals surface area contributed by atoms with Crippen LogP contribution in [0.4, 0.5) is 0 Å². The van der Waals surface area contributed by atoms with Gasteiger partial charge in [0.1, 0.15) is 5.82 Å². The largest absolute Gasteiger partial charge is 0.338 e. The van der Waals surface area contributed by atoms with Crippen molar-refractivity contribution in [2.24, 2.45) is 18.9 Å². The van der Waals surface area contributed by atoms with E-state index in [-0.39, 0.29) is 0 Å². The van der Waals surface area contributed by atoms with Crippen molar-refractivity contribution in [3.8, 4) is 0 Å². The van der Waals surface area contributed by atoms with E-state index < -0.39 is 0 Å². The van der Waals surface area contributed by atoms with Crippen LogP contribution in [0.5, 0.6) is 0 Å². The Hall–Kier alpha value is -0.870. The van der Waals surface area contributed by atoms with Crippen LogP contribution >= 0.6 is 0 Å². The lowest BCUT2D eigenvalue weighted by atomic mass is 9.85. The SMILES string of the molecule is Cn1ccnc1CCN1CC2CNCC2C1(C)C. The number of imidazole rings is 1. The molecule has 2 unspecified atom stereocenters. The summed E-state index contributed by atoms with van der Waals surface area (Å²) in [6, 6.07) is 0. The molecule has 0 amide bonds. The van der Waals surface area contributed by atoms with Crippen molar-refractivity contribution in [1.29, 1.82) is 0 Å². The number of hydrogen-bond donors (Lipinski definition) is 1. The Morgan fingerprint density at radius 2 is 2.28 bits per heavy atom. The summed E-state index contributed by atoms with van der Waals surface area (Å²) < 4.78 is 2.13. The summed E-state index contributed by atoms with van der Waals surface area (Å²) in [5.41, 5.74) is 0.333. The Morgan fingerprint density at radius 3 is 2.94 bits per heavy atom. The zero-order chi connectivity index (χ0) is 12.8. The summed E-state index contributed by atoms with van der Waals surface area (Å²) in [4.78, 5) is 7.09. The lowest BCUT2D eigenvalue weighted by Gasteiger charge is -2.35. The highest BCUT2D eigenvalue weighted by Gasteiger charge is 2.48. The van der Waals surface area contributed by atoms with Gasteiger partial charge >= 0.3 is 0 Å². The molecule has 100 valence electrons. The first-order valence-corrected chi connectivity index (χ1v) is 7.01. The highest BCUT2D eigenvalue weighted by molar-refractivity contribution is 5.05. The summed E-state index contributed by atoms with van der Waals surface area (Å²) in [6.45, 7) is 9.58. The van der Waals surface area contributed by atoms with E-state index in [9.17, 15) is 0 Å². The normalized spacial score (nSPS) is 30.8. The van der Waals surface area contributed by atoms with Crippen molar-refractivity contribution >= 4 is 0 Å². The van der Waals surface area contributed by atoms with Gasteiger partial charge in [-0.05, 0) is 32.2 Å². The second-order valence-electron chi connectivity index (χ2n) is 6.33. The molecule has 1 N–H and O–H groups in total. The molecule has 2 aliphatic heterocycles. The standard InChI is InChI=1S/C14H24N4/c1-14(2)12-9-15-8-11(12)10-18(14)6-4-13-16-5-7-17(13)3/h5,7,11-12,15H,4,6,8-10H2,1-3H3. The fraction of sp³-hybridized carbons (Fsp3) is 0.786. The van der Waals surface area contributed by atoms with Crippen LogP contribution in [-0.4, -0.2) is 46.2 Å². The van der Waals surface area contributed by atoms with Gasteiger partial charge in [-0.15, -0.1) is 0 Å². The molecule has 4 heteroatoms. The van der Waals surface area contributed by atoms with Gasteiger partial charge in [-0.3, -0.25) is 4.90 Å². The molecule has 0 spiro atoms. The Balaban J connectivity index is 1.65. The van der Waals surface area contributed by atoms with Crippen LogP contribution in [0.15, 0.2) is 12.4 Å². The number of rotatable bonds is 3. The van der Waals surface area contributed by atoms with Crippen molar-refractivity contribution in [3.63, 3.8) is 0 Å². The molecular weight excluding hydrogens is 224 g/mol. The fourth-order valence-electron chi connectivity index (χ4n) is 3.76. The zero-order valence-corrected chi connectivity index (χ0v) is 11.7. The molecule has 2 fully saturated rings. The van der Waals surface area contributed by atoms with Crippen LogP contribution in [0.25, 0.3) is 0 Å². The third kappa shape index (κ3) is 1.88. The Labute approximate surface area is 109 Å². The fourth-order valence-corrected chi connectivity index (χ4v) is 3.76. The van der Waals surface area contributed by atoms with Crippen molar-refractivity contribution in [2.45, 2.75) is 25.8 Å². The van der Waals surface area contributed by atoms with E-state index in [0.29, 0.717) is 5.54 Å². The first kappa shape index (κ1) is 12.2. The van der Waals surface area contributed by atoms with Crippen LogP contribution in [0.2, 0.25) is 0 Å². The summed E-state index contributed by atoms with van der Waals surface area (Å²) in [5, 5.41) is 3.54. The van der Waals surface area contributed by atoms with E-state index in [2.05, 4.69) is 40.7 Å². The van der Waals surface area contributed by atoms with Gasteiger partial charge in [0, 0.05) is 51.0 Å². The smallest absolute Gasteiger partial charge is 0.109 e. The van der Waals surface area contributed by atoms with Crippen LogP contribution in [0, 0.1) is 11.8 Å². The Morgan fingerprint density at radius 1 is 1.44 bits per heavy atom. The topological polar surface area (TPSA) is 33.1 Å². The molecule has 0 saturated carbocycles. The summed E-state index contributed by atoms with van der Waals surface area (Å²) in [7, 11) is 2.08. The summed E-state index contributed by atoms with van der Waals surface area (Å²) in [6.07, 6.45) is 4.98. The molecule has 0 aliphatic carbocycles. The number of nitrogens with one attached hydrogen (secondary N) is 1. The molecule has 18 heavy (non-hydrogen) atoms. The van der Waals surface area contributed by atoms with E-state index in [1.165, 1.54) is 25.5 Å². The maximum Gasteiger partial charge on any atom is 0.109 e. The van der Waals surface area contributed by atoms with Crippen LogP contribution in [0.3, 0.4) is 0 Å². The van der Waals surface area contributed by atoms with Crippen molar-refractivity contribution in [1.82, 2.24) is 19.8 Å². The van der Waals surface area contributed by atoms with Gasteiger partial charge in [0.15, 0.2) is 0 Å². The van der Waals surface area contributed by atoms with Gasteiger partial charge in [0.2, 0.25) is 0 Å². The number of likely N-dealkylation sites (tertiary alicyclic amines) is 1. The molecule has 3 rings (SSSR count). The maximum atomic E-state index is 4.42. The van der Waals surface area contributed by atoms with Gasteiger partial charge in [-0.1, -0.05) is 0 Å². The lowest BCUT2D eigenvalue weighted by molar-refractivity contribution is 0.140. The van der Waals surface area contributed by atoms with Gasteiger partial charge in [-0.2, -0.15) is 0 Å². The highest BCUT2D eigenvalue weighted by Crippen LogP contribution is 2.40. The molecule has 0 bridgehead atoms. The molecule has 1 aromatic heterocycles. The third-order valence-corrected chi connectivity index (χ3v) is 5.04. The van der Waals surface area contributed by atoms with Gasteiger partial charge in [0.05, 0.1) is 0 Å². The number of hydrogen-bond acceptors (Lipinski definition) is 3. The minimum atomic E-state index is 0.333. The molecule has 0 aromatic carbocycles. The molecular formula is C14H24N4. The lowest BCUT2D eigenvalue weighted by Crippen LogP contribution is -2.45. The minimum absolute atomic E-state index is 0.333. The molecule has 2 aliphatic rings. The maximum absolute atomic E-state index is 4.42. The second kappa shape index (κ2) is 4.35. The van der Waals surface area contributed by atoms with Crippen molar-refractivity contribution in [3.05, 3.63) is 18.2 Å². The Bertz CT molecular complexity index is 423. The van der Waals surface area contributed by atoms with E-state index in [1.54, 1.807) is 0 Å². The van der Waals surface area contributed by atoms with Gasteiger partial charge in [0.25, 0.3) is 0 Å². The average Bonchev–Trinajstić information content (AvgIpc) is 2.97. The van der Waals surface area contributed by atoms with Crippen LogP contribution in [-0.2, 0) is 13.5 Å². The van der Waals surface area contributed by atoms with E-state index in [0.717, 1.165) is 24.8 Å². The predicted octanol–water partition coefficient (Wildman–Crippen LogP) is 0.892. The van der Waals surface area contributed by atoms with E-state index in [4.69, 9.17) is 0 Å². The molecule has 3 heterocycles. The molecule has 1 aromatic rings. The zero-order valence-electron chi connectivity index (χ0n) is 11.7. The minimum Gasteiger partial charge on any atom is -0.338 e. The third-order valence-electron chi connectivity index (χ3n) is 5.04. The highest BCUT2D eigenvalue weighted by atomic mass is 15.2. The molecule has 4 nitrogen and oxygen atoms in total. The van der Waals surface area contributed by atoms with Crippen LogP contribution < -0.4 is 5.32 Å². The number of fused-ring (bicyclic) bond motifs is 1. The molecule has 0 radical (unpaired) electrons. The average molecular weight is 248 g/mol. The van der Waals surface area contributed by atoms with E-state index >= 15 is 0 Å². The molecule has 2 saturated heterocycles. The Kier molecular flexibility index (Phi) is 2.94.